The Bertz CT molecular complexity index is 719. The standard InChI is InChI=1S/C20H22O/c1-21-19-8-10-20(11-9-19)13-17-7-6-16(12-18(17)14-20)5-4-15-2-3-15/h6-7,12-15,19H,2-3,8-11H2,1H3. The molecular weight excluding hydrogens is 256 g/mol. The number of rotatable bonds is 1. The predicted molar refractivity (Wildman–Crippen MR) is 85.9 cm³/mol. The third kappa shape index (κ3) is 2.65. The van der Waals surface area contributed by atoms with Crippen molar-refractivity contribution in [3.05, 3.63) is 34.2 Å². The molecule has 1 heteroatoms. The van der Waals surface area contributed by atoms with Gasteiger partial charge in [0, 0.05) is 24.0 Å². The van der Waals surface area contributed by atoms with Gasteiger partial charge in [-0.1, -0.05) is 30.1 Å². The second-order valence-electron chi connectivity index (χ2n) is 6.84. The molecule has 0 aliphatic heterocycles. The van der Waals surface area contributed by atoms with E-state index in [1.165, 1.54) is 54.5 Å². The quantitative estimate of drug-likeness (QED) is 0.718. The molecule has 0 radical (unpaired) electrons. The molecule has 1 aromatic rings. The second kappa shape index (κ2) is 5.04. The van der Waals surface area contributed by atoms with Gasteiger partial charge in [-0.3, -0.25) is 0 Å². The van der Waals surface area contributed by atoms with Crippen molar-refractivity contribution in [2.75, 3.05) is 7.11 Å². The summed E-state index contributed by atoms with van der Waals surface area (Å²) in [5.74, 6) is 7.37. The van der Waals surface area contributed by atoms with Crippen LogP contribution >= 0.6 is 0 Å². The lowest BCUT2D eigenvalue weighted by atomic mass is 9.74. The molecule has 21 heavy (non-hydrogen) atoms. The average Bonchev–Trinajstić information content (AvgIpc) is 3.27. The zero-order chi connectivity index (χ0) is 14.3. The van der Waals surface area contributed by atoms with Crippen LogP contribution in [0.1, 0.15) is 44.1 Å². The molecule has 0 N–H and O–H groups in total. The van der Waals surface area contributed by atoms with E-state index in [9.17, 15) is 0 Å². The van der Waals surface area contributed by atoms with E-state index in [2.05, 4.69) is 42.2 Å². The van der Waals surface area contributed by atoms with Gasteiger partial charge >= 0.3 is 0 Å². The van der Waals surface area contributed by atoms with Crippen LogP contribution in [0.3, 0.4) is 0 Å². The molecule has 0 atom stereocenters. The van der Waals surface area contributed by atoms with Crippen LogP contribution in [0, 0.1) is 23.2 Å². The lowest BCUT2D eigenvalue weighted by Gasteiger charge is -2.34. The summed E-state index contributed by atoms with van der Waals surface area (Å²) in [6.07, 6.45) is 12.8. The van der Waals surface area contributed by atoms with Gasteiger partial charge in [0.05, 0.1) is 6.10 Å². The number of hydrogen-bond acceptors (Lipinski definition) is 1. The van der Waals surface area contributed by atoms with Gasteiger partial charge in [0.15, 0.2) is 0 Å². The summed E-state index contributed by atoms with van der Waals surface area (Å²) >= 11 is 0. The Hall–Kier alpha value is -1.52. The van der Waals surface area contributed by atoms with Crippen molar-refractivity contribution in [1.82, 2.24) is 0 Å². The Morgan fingerprint density at radius 3 is 2.52 bits per heavy atom. The number of hydrogen-bond donors (Lipinski definition) is 0. The minimum atomic E-state index is 0.278. The average molecular weight is 278 g/mol. The maximum absolute atomic E-state index is 5.50. The summed E-state index contributed by atoms with van der Waals surface area (Å²) in [5.41, 5.74) is 1.45. The van der Waals surface area contributed by atoms with Crippen molar-refractivity contribution in [2.45, 2.75) is 44.6 Å². The fourth-order valence-electron chi connectivity index (χ4n) is 3.64. The van der Waals surface area contributed by atoms with E-state index in [1.807, 2.05) is 7.11 Å². The van der Waals surface area contributed by atoms with Gasteiger partial charge in [0.25, 0.3) is 0 Å². The fraction of sp³-hybridized carbons (Fsp3) is 0.500. The first kappa shape index (κ1) is 13.2. The summed E-state index contributed by atoms with van der Waals surface area (Å²) in [5, 5.41) is 2.77. The third-order valence-corrected chi connectivity index (χ3v) is 5.17. The van der Waals surface area contributed by atoms with Crippen molar-refractivity contribution in [3.63, 3.8) is 0 Å². The molecule has 1 nitrogen and oxygen atoms in total. The maximum atomic E-state index is 5.50. The van der Waals surface area contributed by atoms with Crippen LogP contribution in [0.2, 0.25) is 0 Å². The van der Waals surface area contributed by atoms with Crippen LogP contribution in [0.5, 0.6) is 0 Å². The molecule has 0 aromatic heterocycles. The summed E-state index contributed by atoms with van der Waals surface area (Å²) in [7, 11) is 1.84. The molecule has 2 saturated carbocycles. The van der Waals surface area contributed by atoms with E-state index in [4.69, 9.17) is 4.74 Å². The van der Waals surface area contributed by atoms with Crippen molar-refractivity contribution in [1.29, 1.82) is 0 Å². The van der Waals surface area contributed by atoms with E-state index in [1.54, 1.807) is 0 Å². The summed E-state index contributed by atoms with van der Waals surface area (Å²) in [6, 6.07) is 6.70. The van der Waals surface area contributed by atoms with Gasteiger partial charge < -0.3 is 4.74 Å². The maximum Gasteiger partial charge on any atom is 0.0572 e. The van der Waals surface area contributed by atoms with Crippen LogP contribution in [0.15, 0.2) is 18.2 Å². The molecule has 3 aliphatic carbocycles. The first-order chi connectivity index (χ1) is 10.3. The highest BCUT2D eigenvalue weighted by Gasteiger charge is 2.33. The van der Waals surface area contributed by atoms with Gasteiger partial charge in [0.2, 0.25) is 0 Å². The molecule has 0 saturated heterocycles. The van der Waals surface area contributed by atoms with Crippen LogP contribution in [-0.4, -0.2) is 13.2 Å². The van der Waals surface area contributed by atoms with Gasteiger partial charge in [0.1, 0.15) is 0 Å². The molecule has 108 valence electrons. The molecule has 0 amide bonds. The molecule has 4 rings (SSSR count). The van der Waals surface area contributed by atoms with Crippen LogP contribution < -0.4 is 10.4 Å². The minimum Gasteiger partial charge on any atom is -0.381 e. The van der Waals surface area contributed by atoms with E-state index >= 15 is 0 Å². The Labute approximate surface area is 126 Å². The zero-order valence-electron chi connectivity index (χ0n) is 12.7. The smallest absolute Gasteiger partial charge is 0.0572 e. The number of methoxy groups -OCH3 is 1. The Morgan fingerprint density at radius 1 is 1.05 bits per heavy atom. The first-order valence-electron chi connectivity index (χ1n) is 8.17. The van der Waals surface area contributed by atoms with Crippen molar-refractivity contribution >= 4 is 12.2 Å². The molecule has 0 heterocycles. The number of fused-ring (bicyclic) bond motifs is 1. The largest absolute Gasteiger partial charge is 0.381 e. The van der Waals surface area contributed by atoms with E-state index < -0.39 is 0 Å². The SMILES string of the molecule is COC1CCC2(C=c3ccc(C#CC4CC4)cc3=C2)CC1. The first-order valence-corrected chi connectivity index (χ1v) is 8.17. The lowest BCUT2D eigenvalue weighted by molar-refractivity contribution is 0.0564. The third-order valence-electron chi connectivity index (χ3n) is 5.17. The fourth-order valence-corrected chi connectivity index (χ4v) is 3.64. The second-order valence-corrected chi connectivity index (χ2v) is 6.84. The van der Waals surface area contributed by atoms with Crippen LogP contribution in [0.25, 0.3) is 12.2 Å². The Balaban J connectivity index is 1.61. The molecule has 2 fully saturated rings. The highest BCUT2D eigenvalue weighted by atomic mass is 16.5. The summed E-state index contributed by atoms with van der Waals surface area (Å²) in [4.78, 5) is 0. The Morgan fingerprint density at radius 2 is 1.81 bits per heavy atom. The monoisotopic (exact) mass is 278 g/mol. The van der Waals surface area contributed by atoms with Crippen molar-refractivity contribution in [2.24, 2.45) is 11.3 Å². The molecule has 1 spiro atoms. The van der Waals surface area contributed by atoms with E-state index in [-0.39, 0.29) is 5.41 Å². The normalized spacial score (nSPS) is 30.0. The summed E-state index contributed by atoms with van der Waals surface area (Å²) in [6.45, 7) is 0. The molecule has 3 aliphatic rings. The van der Waals surface area contributed by atoms with Crippen molar-refractivity contribution < 1.29 is 4.74 Å². The highest BCUT2D eigenvalue weighted by Crippen LogP contribution is 2.41. The molecule has 0 unspecified atom stereocenters. The van der Waals surface area contributed by atoms with Gasteiger partial charge in [-0.05, 0) is 61.1 Å². The van der Waals surface area contributed by atoms with Crippen LogP contribution in [0.4, 0.5) is 0 Å². The highest BCUT2D eigenvalue weighted by molar-refractivity contribution is 5.58. The summed E-state index contributed by atoms with van der Waals surface area (Å²) < 4.78 is 5.50. The number of ether oxygens (including phenoxy) is 1. The van der Waals surface area contributed by atoms with Crippen LogP contribution in [-0.2, 0) is 4.74 Å². The molecular formula is C20H22O. The zero-order valence-corrected chi connectivity index (χ0v) is 12.7. The lowest BCUT2D eigenvalue weighted by Crippen LogP contribution is -2.26. The van der Waals surface area contributed by atoms with Gasteiger partial charge in [-0.25, -0.2) is 0 Å². The topological polar surface area (TPSA) is 9.23 Å². The van der Waals surface area contributed by atoms with E-state index in [0.717, 1.165) is 0 Å². The predicted octanol–water partition coefficient (Wildman–Crippen LogP) is 2.60. The molecule has 0 bridgehead atoms. The Kier molecular flexibility index (Phi) is 3.16. The van der Waals surface area contributed by atoms with Gasteiger partial charge in [-0.2, -0.15) is 0 Å². The van der Waals surface area contributed by atoms with Gasteiger partial charge in [-0.15, -0.1) is 0 Å². The number of benzene rings is 1. The minimum absolute atomic E-state index is 0.278. The van der Waals surface area contributed by atoms with E-state index in [0.29, 0.717) is 12.0 Å². The molecule has 1 aromatic carbocycles. The van der Waals surface area contributed by atoms with Crippen molar-refractivity contribution in [3.8, 4) is 11.8 Å².